The van der Waals surface area contributed by atoms with E-state index in [-0.39, 0.29) is 0 Å². The van der Waals surface area contributed by atoms with Crippen LogP contribution in [0, 0.1) is 0 Å². The number of nitrogen functional groups attached to an aromatic ring is 1. The van der Waals surface area contributed by atoms with Crippen LogP contribution in [0.5, 0.6) is 0 Å². The highest BCUT2D eigenvalue weighted by Crippen LogP contribution is 2.25. The van der Waals surface area contributed by atoms with Gasteiger partial charge in [0, 0.05) is 25.8 Å². The molecule has 134 valence electrons. The Morgan fingerprint density at radius 2 is 1.96 bits per heavy atom. The van der Waals surface area contributed by atoms with Crippen LogP contribution in [0.25, 0.3) is 0 Å². The molecule has 0 unspecified atom stereocenters. The Bertz CT molecular complexity index is 677. The Kier molecular flexibility index (Phi) is 6.21. The molecule has 0 amide bonds. The molecule has 2 aromatic heterocycles. The zero-order valence-corrected chi connectivity index (χ0v) is 14.7. The van der Waals surface area contributed by atoms with Crippen LogP contribution < -0.4 is 16.4 Å². The average Bonchev–Trinajstić information content (AvgIpc) is 2.64. The number of ether oxygens (including phenoxy) is 1. The lowest BCUT2D eigenvalue weighted by Crippen LogP contribution is -2.37. The van der Waals surface area contributed by atoms with Gasteiger partial charge in [-0.05, 0) is 25.1 Å². The van der Waals surface area contributed by atoms with E-state index in [1.807, 2.05) is 0 Å². The molecule has 0 atom stereocenters. The van der Waals surface area contributed by atoms with Gasteiger partial charge in [-0.2, -0.15) is 0 Å². The van der Waals surface area contributed by atoms with Crippen molar-refractivity contribution < 1.29 is 4.74 Å². The number of nitrogens with two attached hydrogens (primary N) is 1. The Labute approximate surface area is 151 Å². The first kappa shape index (κ1) is 17.7. The van der Waals surface area contributed by atoms with Crippen LogP contribution in [-0.4, -0.2) is 59.2 Å². The summed E-state index contributed by atoms with van der Waals surface area (Å²) in [6, 6.07) is 3.51. The van der Waals surface area contributed by atoms with Gasteiger partial charge >= 0.3 is 0 Å². The maximum atomic E-state index is 6.16. The maximum absolute atomic E-state index is 6.16. The topological polar surface area (TPSA) is 101 Å². The van der Waals surface area contributed by atoms with Gasteiger partial charge in [-0.1, -0.05) is 11.6 Å². The third-order valence-electron chi connectivity index (χ3n) is 3.91. The number of pyridine rings is 1. The normalized spacial score (nSPS) is 15.1. The summed E-state index contributed by atoms with van der Waals surface area (Å²) in [4.78, 5) is 15.0. The van der Waals surface area contributed by atoms with Crippen molar-refractivity contribution in [1.29, 1.82) is 0 Å². The molecule has 1 saturated heterocycles. The van der Waals surface area contributed by atoms with E-state index < -0.39 is 0 Å². The summed E-state index contributed by atoms with van der Waals surface area (Å²) in [5, 5.41) is 6.92. The van der Waals surface area contributed by atoms with E-state index in [1.165, 1.54) is 6.33 Å². The van der Waals surface area contributed by atoms with Crippen molar-refractivity contribution in [1.82, 2.24) is 19.9 Å². The first-order valence-electron chi connectivity index (χ1n) is 8.25. The molecule has 0 saturated carbocycles. The number of hydrogen-bond acceptors (Lipinski definition) is 8. The van der Waals surface area contributed by atoms with Crippen molar-refractivity contribution >= 4 is 34.7 Å². The Hall–Kier alpha value is -2.16. The van der Waals surface area contributed by atoms with E-state index in [4.69, 9.17) is 22.1 Å². The number of aromatic nitrogens is 3. The number of hydrogen-bond donors (Lipinski definition) is 3. The zero-order chi connectivity index (χ0) is 17.5. The van der Waals surface area contributed by atoms with Crippen LogP contribution in [0.3, 0.4) is 0 Å². The molecule has 3 rings (SSSR count). The number of nitrogens with one attached hydrogen (secondary N) is 2. The van der Waals surface area contributed by atoms with Gasteiger partial charge in [-0.15, -0.1) is 0 Å². The van der Waals surface area contributed by atoms with Gasteiger partial charge in [-0.25, -0.2) is 15.0 Å². The van der Waals surface area contributed by atoms with Crippen molar-refractivity contribution in [3.63, 3.8) is 0 Å². The summed E-state index contributed by atoms with van der Waals surface area (Å²) in [6.45, 7) is 5.45. The second-order valence-corrected chi connectivity index (χ2v) is 6.14. The van der Waals surface area contributed by atoms with Crippen LogP contribution in [0.1, 0.15) is 6.42 Å². The van der Waals surface area contributed by atoms with Crippen LogP contribution >= 0.6 is 11.6 Å². The second kappa shape index (κ2) is 8.80. The van der Waals surface area contributed by atoms with Gasteiger partial charge in [0.2, 0.25) is 0 Å². The first-order valence-corrected chi connectivity index (χ1v) is 8.63. The lowest BCUT2D eigenvalue weighted by molar-refractivity contribution is 0.0378. The van der Waals surface area contributed by atoms with Gasteiger partial charge < -0.3 is 21.1 Å². The number of halogens is 1. The molecule has 0 radical (unpaired) electrons. The van der Waals surface area contributed by atoms with Gasteiger partial charge in [0.05, 0.1) is 18.2 Å². The molecule has 1 aliphatic heterocycles. The van der Waals surface area contributed by atoms with Gasteiger partial charge in [-0.3, -0.25) is 4.90 Å². The lowest BCUT2D eigenvalue weighted by Gasteiger charge is -2.26. The van der Waals surface area contributed by atoms with Crippen molar-refractivity contribution in [3.8, 4) is 0 Å². The minimum atomic E-state index is 0.464. The summed E-state index contributed by atoms with van der Waals surface area (Å²) in [6.07, 6.45) is 4.04. The molecule has 25 heavy (non-hydrogen) atoms. The van der Waals surface area contributed by atoms with E-state index in [2.05, 4.69) is 30.5 Å². The van der Waals surface area contributed by atoms with Crippen molar-refractivity contribution in [2.24, 2.45) is 0 Å². The smallest absolute Gasteiger partial charge is 0.160 e. The predicted molar refractivity (Wildman–Crippen MR) is 99.3 cm³/mol. The monoisotopic (exact) mass is 363 g/mol. The van der Waals surface area contributed by atoms with Crippen LogP contribution in [-0.2, 0) is 4.74 Å². The summed E-state index contributed by atoms with van der Waals surface area (Å²) in [5.41, 5.74) is 6.62. The molecular weight excluding hydrogens is 342 g/mol. The fourth-order valence-corrected chi connectivity index (χ4v) is 2.65. The lowest BCUT2D eigenvalue weighted by atomic mass is 10.3. The molecule has 0 spiro atoms. The summed E-state index contributed by atoms with van der Waals surface area (Å²) >= 11 is 5.84. The number of morpholine rings is 1. The molecule has 3 heterocycles. The van der Waals surface area contributed by atoms with E-state index in [0.717, 1.165) is 45.8 Å². The van der Waals surface area contributed by atoms with E-state index in [9.17, 15) is 0 Å². The van der Waals surface area contributed by atoms with E-state index in [1.54, 1.807) is 18.3 Å². The molecule has 1 fully saturated rings. The summed E-state index contributed by atoms with van der Waals surface area (Å²) in [5.74, 6) is 1.75. The third-order valence-corrected chi connectivity index (χ3v) is 4.13. The third kappa shape index (κ3) is 5.15. The largest absolute Gasteiger partial charge is 0.393 e. The molecule has 9 heteroatoms. The van der Waals surface area contributed by atoms with Gasteiger partial charge in [0.1, 0.15) is 17.8 Å². The summed E-state index contributed by atoms with van der Waals surface area (Å²) in [7, 11) is 0. The fourth-order valence-electron chi connectivity index (χ4n) is 2.54. The summed E-state index contributed by atoms with van der Waals surface area (Å²) < 4.78 is 5.35. The van der Waals surface area contributed by atoms with Crippen LogP contribution in [0.15, 0.2) is 24.7 Å². The van der Waals surface area contributed by atoms with Crippen molar-refractivity contribution in [2.45, 2.75) is 6.42 Å². The standard InChI is InChI=1S/C16H22ClN7O/c17-12-2-3-13(20-10-12)23-16-14(18)15(21-11-22-16)19-4-1-5-24-6-8-25-9-7-24/h2-3,10-11H,1,4-9,18H2,(H2,19,20,21,22,23). The predicted octanol–water partition coefficient (Wildman–Crippen LogP) is 1.98. The number of rotatable bonds is 7. The molecule has 2 aromatic rings. The second-order valence-electron chi connectivity index (χ2n) is 5.71. The Balaban J connectivity index is 1.52. The van der Waals surface area contributed by atoms with Crippen LogP contribution in [0.4, 0.5) is 23.1 Å². The molecule has 1 aliphatic rings. The van der Waals surface area contributed by atoms with Crippen molar-refractivity contribution in [2.75, 3.05) is 55.8 Å². The molecule has 0 aliphatic carbocycles. The number of anilines is 4. The highest BCUT2D eigenvalue weighted by atomic mass is 35.5. The highest BCUT2D eigenvalue weighted by molar-refractivity contribution is 6.30. The maximum Gasteiger partial charge on any atom is 0.160 e. The SMILES string of the molecule is Nc1c(NCCCN2CCOCC2)ncnc1Nc1ccc(Cl)cn1. The molecule has 0 bridgehead atoms. The van der Waals surface area contributed by atoms with Crippen molar-refractivity contribution in [3.05, 3.63) is 29.7 Å². The Morgan fingerprint density at radius 1 is 1.16 bits per heavy atom. The average molecular weight is 364 g/mol. The molecule has 4 N–H and O–H groups in total. The quantitative estimate of drug-likeness (QED) is 0.642. The minimum Gasteiger partial charge on any atom is -0.393 e. The zero-order valence-electron chi connectivity index (χ0n) is 13.9. The highest BCUT2D eigenvalue weighted by Gasteiger charge is 2.11. The van der Waals surface area contributed by atoms with Crippen LogP contribution in [0.2, 0.25) is 5.02 Å². The molecular formula is C16H22ClN7O. The molecule has 8 nitrogen and oxygen atoms in total. The molecule has 0 aromatic carbocycles. The Morgan fingerprint density at radius 3 is 2.72 bits per heavy atom. The van der Waals surface area contributed by atoms with E-state index >= 15 is 0 Å². The van der Waals surface area contributed by atoms with E-state index in [0.29, 0.717) is 28.2 Å². The fraction of sp³-hybridized carbons (Fsp3) is 0.438. The van der Waals surface area contributed by atoms with Gasteiger partial charge in [0.25, 0.3) is 0 Å². The first-order chi connectivity index (χ1) is 12.2. The van der Waals surface area contributed by atoms with Gasteiger partial charge in [0.15, 0.2) is 11.6 Å². The minimum absolute atomic E-state index is 0.464. The number of nitrogens with zero attached hydrogens (tertiary/aromatic N) is 4.